The number of pyridine rings is 1. The highest BCUT2D eigenvalue weighted by Gasteiger charge is 2.28. The average Bonchev–Trinajstić information content (AvgIpc) is 2.77. The molecule has 0 aromatic carbocycles. The van der Waals surface area contributed by atoms with E-state index in [1.54, 1.807) is 12.4 Å². The zero-order valence-electron chi connectivity index (χ0n) is 9.64. The normalized spacial score (nSPS) is 20.8. The highest BCUT2D eigenvalue weighted by Crippen LogP contribution is 2.14. The van der Waals surface area contributed by atoms with E-state index in [4.69, 9.17) is 0 Å². The SMILES string of the molecule is CC(NC(=O)C1CNC(=O)C1)c1ccncc1. The van der Waals surface area contributed by atoms with Gasteiger partial charge in [-0.3, -0.25) is 14.6 Å². The zero-order valence-corrected chi connectivity index (χ0v) is 9.64. The van der Waals surface area contributed by atoms with Crippen LogP contribution in [-0.2, 0) is 9.59 Å². The van der Waals surface area contributed by atoms with Crippen LogP contribution in [0.4, 0.5) is 0 Å². The van der Waals surface area contributed by atoms with E-state index >= 15 is 0 Å². The second-order valence-corrected chi connectivity index (χ2v) is 4.22. The van der Waals surface area contributed by atoms with Crippen molar-refractivity contribution in [1.29, 1.82) is 0 Å². The minimum atomic E-state index is -0.244. The van der Waals surface area contributed by atoms with Crippen LogP contribution < -0.4 is 10.6 Å². The fraction of sp³-hybridized carbons (Fsp3) is 0.417. The minimum Gasteiger partial charge on any atom is -0.355 e. The average molecular weight is 233 g/mol. The number of rotatable bonds is 3. The molecule has 2 heterocycles. The van der Waals surface area contributed by atoms with Gasteiger partial charge in [0.05, 0.1) is 12.0 Å². The lowest BCUT2D eigenvalue weighted by Gasteiger charge is -2.16. The van der Waals surface area contributed by atoms with Gasteiger partial charge in [0.1, 0.15) is 0 Å². The largest absolute Gasteiger partial charge is 0.355 e. The van der Waals surface area contributed by atoms with Crippen LogP contribution in [0.25, 0.3) is 0 Å². The summed E-state index contributed by atoms with van der Waals surface area (Å²) in [6, 6.07) is 3.66. The molecule has 0 bridgehead atoms. The minimum absolute atomic E-state index is 0.0540. The van der Waals surface area contributed by atoms with E-state index in [1.165, 1.54) is 0 Å². The number of hydrogen-bond donors (Lipinski definition) is 2. The van der Waals surface area contributed by atoms with E-state index in [9.17, 15) is 9.59 Å². The molecule has 1 fully saturated rings. The Hall–Kier alpha value is -1.91. The van der Waals surface area contributed by atoms with Crippen LogP contribution in [-0.4, -0.2) is 23.3 Å². The molecule has 0 aliphatic carbocycles. The summed E-state index contributed by atoms with van der Waals surface area (Å²) in [4.78, 5) is 26.8. The van der Waals surface area contributed by atoms with Gasteiger partial charge in [-0.15, -0.1) is 0 Å². The Labute approximate surface area is 99.6 Å². The molecular weight excluding hydrogens is 218 g/mol. The van der Waals surface area contributed by atoms with Crippen LogP contribution in [0.5, 0.6) is 0 Å². The Morgan fingerprint density at radius 2 is 2.24 bits per heavy atom. The number of carbonyl (C=O) groups excluding carboxylic acids is 2. The Morgan fingerprint density at radius 3 is 2.82 bits per heavy atom. The maximum Gasteiger partial charge on any atom is 0.225 e. The van der Waals surface area contributed by atoms with Gasteiger partial charge in [0.2, 0.25) is 11.8 Å². The molecule has 5 heteroatoms. The van der Waals surface area contributed by atoms with E-state index in [-0.39, 0.29) is 30.2 Å². The topological polar surface area (TPSA) is 71.1 Å². The molecule has 0 radical (unpaired) electrons. The molecule has 1 aromatic rings. The molecule has 2 N–H and O–H groups in total. The number of amides is 2. The van der Waals surface area contributed by atoms with Crippen LogP contribution in [0.1, 0.15) is 24.9 Å². The van der Waals surface area contributed by atoms with Crippen molar-refractivity contribution in [3.05, 3.63) is 30.1 Å². The number of carbonyl (C=O) groups is 2. The lowest BCUT2D eigenvalue weighted by atomic mass is 10.1. The van der Waals surface area contributed by atoms with Crippen LogP contribution in [0.15, 0.2) is 24.5 Å². The first-order valence-electron chi connectivity index (χ1n) is 5.64. The number of nitrogens with one attached hydrogen (secondary N) is 2. The third-order valence-electron chi connectivity index (χ3n) is 2.91. The van der Waals surface area contributed by atoms with Crippen molar-refractivity contribution < 1.29 is 9.59 Å². The van der Waals surface area contributed by atoms with Gasteiger partial charge in [0, 0.05) is 25.4 Å². The number of aromatic nitrogens is 1. The maximum absolute atomic E-state index is 11.9. The van der Waals surface area contributed by atoms with Crippen molar-refractivity contribution in [3.63, 3.8) is 0 Å². The molecule has 90 valence electrons. The molecule has 1 aromatic heterocycles. The third-order valence-corrected chi connectivity index (χ3v) is 2.91. The van der Waals surface area contributed by atoms with Gasteiger partial charge in [0.15, 0.2) is 0 Å². The lowest BCUT2D eigenvalue weighted by molar-refractivity contribution is -0.127. The third kappa shape index (κ3) is 2.81. The number of hydrogen-bond acceptors (Lipinski definition) is 3. The fourth-order valence-electron chi connectivity index (χ4n) is 1.86. The molecule has 17 heavy (non-hydrogen) atoms. The summed E-state index contributed by atoms with van der Waals surface area (Å²) in [5.74, 6) is -0.374. The first-order valence-corrected chi connectivity index (χ1v) is 5.64. The highest BCUT2D eigenvalue weighted by atomic mass is 16.2. The molecule has 2 atom stereocenters. The molecule has 1 saturated heterocycles. The standard InChI is InChI=1S/C12H15N3O2/c1-8(9-2-4-13-5-3-9)15-12(17)10-6-11(16)14-7-10/h2-5,8,10H,6-7H2,1H3,(H,14,16)(H,15,17). The van der Waals surface area contributed by atoms with E-state index < -0.39 is 0 Å². The van der Waals surface area contributed by atoms with Gasteiger partial charge in [0.25, 0.3) is 0 Å². The van der Waals surface area contributed by atoms with Gasteiger partial charge < -0.3 is 10.6 Å². The predicted molar refractivity (Wildman–Crippen MR) is 61.9 cm³/mol. The molecule has 1 aliphatic heterocycles. The lowest BCUT2D eigenvalue weighted by Crippen LogP contribution is -2.33. The zero-order chi connectivity index (χ0) is 12.3. The molecule has 2 rings (SSSR count). The Kier molecular flexibility index (Phi) is 3.37. The second-order valence-electron chi connectivity index (χ2n) is 4.22. The molecule has 1 aliphatic rings. The first-order chi connectivity index (χ1) is 8.16. The maximum atomic E-state index is 11.9. The van der Waals surface area contributed by atoms with Gasteiger partial charge in [-0.05, 0) is 24.6 Å². The predicted octanol–water partition coefficient (Wildman–Crippen LogP) is 0.395. The van der Waals surface area contributed by atoms with Crippen molar-refractivity contribution in [2.45, 2.75) is 19.4 Å². The summed E-state index contributed by atoms with van der Waals surface area (Å²) in [6.07, 6.45) is 3.67. The van der Waals surface area contributed by atoms with E-state index in [0.717, 1.165) is 5.56 Å². The van der Waals surface area contributed by atoms with Gasteiger partial charge in [-0.2, -0.15) is 0 Å². The Morgan fingerprint density at radius 1 is 1.53 bits per heavy atom. The summed E-state index contributed by atoms with van der Waals surface area (Å²) >= 11 is 0. The second kappa shape index (κ2) is 4.95. The van der Waals surface area contributed by atoms with Crippen LogP contribution in [0, 0.1) is 5.92 Å². The van der Waals surface area contributed by atoms with E-state index in [1.807, 2.05) is 19.1 Å². The van der Waals surface area contributed by atoms with Crippen molar-refractivity contribution in [2.24, 2.45) is 5.92 Å². The monoisotopic (exact) mass is 233 g/mol. The Balaban J connectivity index is 1.93. The molecule has 2 amide bonds. The van der Waals surface area contributed by atoms with E-state index in [0.29, 0.717) is 6.54 Å². The van der Waals surface area contributed by atoms with Gasteiger partial charge >= 0.3 is 0 Å². The van der Waals surface area contributed by atoms with Crippen molar-refractivity contribution >= 4 is 11.8 Å². The summed E-state index contributed by atoms with van der Waals surface area (Å²) < 4.78 is 0. The fourth-order valence-corrected chi connectivity index (χ4v) is 1.86. The number of nitrogens with zero attached hydrogens (tertiary/aromatic N) is 1. The van der Waals surface area contributed by atoms with Gasteiger partial charge in [-0.1, -0.05) is 0 Å². The summed E-state index contributed by atoms with van der Waals surface area (Å²) in [5, 5.41) is 5.55. The molecular formula is C12H15N3O2. The van der Waals surface area contributed by atoms with Crippen molar-refractivity contribution in [1.82, 2.24) is 15.6 Å². The Bertz CT molecular complexity index is 419. The van der Waals surface area contributed by atoms with Crippen LogP contribution in [0.2, 0.25) is 0 Å². The van der Waals surface area contributed by atoms with Crippen LogP contribution >= 0.6 is 0 Å². The van der Waals surface area contributed by atoms with Crippen molar-refractivity contribution in [2.75, 3.05) is 6.54 Å². The van der Waals surface area contributed by atoms with Crippen molar-refractivity contribution in [3.8, 4) is 0 Å². The van der Waals surface area contributed by atoms with Gasteiger partial charge in [-0.25, -0.2) is 0 Å². The molecule has 2 unspecified atom stereocenters. The first kappa shape index (κ1) is 11.6. The smallest absolute Gasteiger partial charge is 0.225 e. The quantitative estimate of drug-likeness (QED) is 0.793. The summed E-state index contributed by atoms with van der Waals surface area (Å²) in [5.41, 5.74) is 1.01. The van der Waals surface area contributed by atoms with Crippen LogP contribution in [0.3, 0.4) is 0 Å². The highest BCUT2D eigenvalue weighted by molar-refractivity contribution is 5.89. The molecule has 0 saturated carbocycles. The summed E-state index contributed by atoms with van der Waals surface area (Å²) in [6.45, 7) is 2.35. The van der Waals surface area contributed by atoms with E-state index in [2.05, 4.69) is 15.6 Å². The molecule has 5 nitrogen and oxygen atoms in total. The molecule has 0 spiro atoms. The summed E-state index contributed by atoms with van der Waals surface area (Å²) in [7, 11) is 0.